The van der Waals surface area contributed by atoms with Gasteiger partial charge in [-0.15, -0.1) is 11.6 Å². The molecule has 32 heavy (non-hydrogen) atoms. The predicted octanol–water partition coefficient (Wildman–Crippen LogP) is 5.17. The van der Waals surface area contributed by atoms with Crippen molar-refractivity contribution in [1.82, 2.24) is 14.8 Å². The summed E-state index contributed by atoms with van der Waals surface area (Å²) in [6.45, 7) is 0.405. The number of carbonyl (C=O) groups excluding carboxylic acids is 1. The van der Waals surface area contributed by atoms with Gasteiger partial charge in [0.1, 0.15) is 0 Å². The van der Waals surface area contributed by atoms with Crippen LogP contribution in [-0.4, -0.2) is 33.7 Å². The number of aryl methyl sites for hydroxylation is 1. The molecule has 0 saturated heterocycles. The van der Waals surface area contributed by atoms with Gasteiger partial charge in [0.15, 0.2) is 16.7 Å². The molecular weight excluding hydrogens is 472 g/mol. The average molecular weight is 489 g/mol. The standard InChI is InChI=1S/C20H17Cl2F3N4O3/c1-31-16-8-12(9-17(30)28-14-11-27-29(7-6-21)19(14)22)2-4-15(16)32-18-5-3-13(10-26-18)20(23,24)25/h2-5,8,10-11H,6-7,9H2,1H3,(H,28,30). The summed E-state index contributed by atoms with van der Waals surface area (Å²) < 4.78 is 50.2. The van der Waals surface area contributed by atoms with Gasteiger partial charge < -0.3 is 14.8 Å². The minimum Gasteiger partial charge on any atom is -0.493 e. The molecule has 0 unspecified atom stereocenters. The van der Waals surface area contributed by atoms with Crippen LogP contribution in [0.3, 0.4) is 0 Å². The number of nitrogens with one attached hydrogen (secondary N) is 1. The van der Waals surface area contributed by atoms with Crippen LogP contribution in [0.15, 0.2) is 42.7 Å². The summed E-state index contributed by atoms with van der Waals surface area (Å²) in [5, 5.41) is 6.99. The van der Waals surface area contributed by atoms with Gasteiger partial charge in [0, 0.05) is 18.1 Å². The van der Waals surface area contributed by atoms with Crippen molar-refractivity contribution in [3.05, 3.63) is 59.0 Å². The second-order valence-corrected chi connectivity index (χ2v) is 7.19. The Bertz CT molecular complexity index is 1090. The number of pyridine rings is 1. The van der Waals surface area contributed by atoms with E-state index in [0.29, 0.717) is 29.9 Å². The summed E-state index contributed by atoms with van der Waals surface area (Å²) in [6, 6.07) is 6.72. The van der Waals surface area contributed by atoms with Crippen LogP contribution in [0.2, 0.25) is 5.15 Å². The molecule has 0 atom stereocenters. The van der Waals surface area contributed by atoms with E-state index >= 15 is 0 Å². The van der Waals surface area contributed by atoms with E-state index in [2.05, 4.69) is 15.4 Å². The Morgan fingerprint density at radius 3 is 2.59 bits per heavy atom. The first kappa shape index (κ1) is 23.7. The molecule has 0 aliphatic heterocycles. The number of ether oxygens (including phenoxy) is 2. The lowest BCUT2D eigenvalue weighted by Crippen LogP contribution is -2.14. The van der Waals surface area contributed by atoms with E-state index in [4.69, 9.17) is 32.7 Å². The number of benzene rings is 1. The molecule has 1 N–H and O–H groups in total. The van der Waals surface area contributed by atoms with Crippen LogP contribution in [0, 0.1) is 0 Å². The van der Waals surface area contributed by atoms with Crippen LogP contribution in [-0.2, 0) is 23.9 Å². The molecule has 0 fully saturated rings. The van der Waals surface area contributed by atoms with Gasteiger partial charge in [-0.25, -0.2) is 4.98 Å². The minimum atomic E-state index is -4.49. The topological polar surface area (TPSA) is 78.3 Å². The number of amides is 1. The fourth-order valence-corrected chi connectivity index (χ4v) is 3.08. The average Bonchev–Trinajstić information content (AvgIpc) is 3.08. The van der Waals surface area contributed by atoms with Crippen LogP contribution in [0.1, 0.15) is 11.1 Å². The fourth-order valence-electron chi connectivity index (χ4n) is 2.70. The molecule has 0 spiro atoms. The number of halogens is 5. The Balaban J connectivity index is 1.67. The molecule has 2 heterocycles. The number of hydrogen-bond acceptors (Lipinski definition) is 5. The van der Waals surface area contributed by atoms with Gasteiger partial charge in [-0.1, -0.05) is 17.7 Å². The number of anilines is 1. The lowest BCUT2D eigenvalue weighted by molar-refractivity contribution is -0.137. The van der Waals surface area contributed by atoms with Gasteiger partial charge in [-0.05, 0) is 23.8 Å². The van der Waals surface area contributed by atoms with Gasteiger partial charge in [-0.2, -0.15) is 18.3 Å². The van der Waals surface area contributed by atoms with Gasteiger partial charge in [0.05, 0.1) is 37.5 Å². The Kier molecular flexibility index (Phi) is 7.47. The maximum Gasteiger partial charge on any atom is 0.417 e. The van der Waals surface area contributed by atoms with Crippen LogP contribution < -0.4 is 14.8 Å². The first-order chi connectivity index (χ1) is 15.2. The molecule has 3 aromatic rings. The molecule has 1 aromatic carbocycles. The summed E-state index contributed by atoms with van der Waals surface area (Å²) in [7, 11) is 1.40. The van der Waals surface area contributed by atoms with Crippen molar-refractivity contribution in [2.24, 2.45) is 0 Å². The second-order valence-electron chi connectivity index (χ2n) is 6.46. The maximum absolute atomic E-state index is 12.7. The van der Waals surface area contributed by atoms with E-state index in [-0.39, 0.29) is 34.9 Å². The van der Waals surface area contributed by atoms with E-state index in [9.17, 15) is 18.0 Å². The van der Waals surface area contributed by atoms with Crippen LogP contribution in [0.5, 0.6) is 17.4 Å². The molecule has 2 aromatic heterocycles. The molecule has 12 heteroatoms. The van der Waals surface area contributed by atoms with Crippen molar-refractivity contribution in [3.63, 3.8) is 0 Å². The Labute approximate surface area is 191 Å². The first-order valence-electron chi connectivity index (χ1n) is 9.16. The fraction of sp³-hybridized carbons (Fsp3) is 0.250. The summed E-state index contributed by atoms with van der Waals surface area (Å²) in [5.74, 6) is 0.465. The van der Waals surface area contributed by atoms with Gasteiger partial charge in [0.2, 0.25) is 11.8 Å². The highest BCUT2D eigenvalue weighted by atomic mass is 35.5. The highest BCUT2D eigenvalue weighted by Crippen LogP contribution is 2.34. The highest BCUT2D eigenvalue weighted by Gasteiger charge is 2.30. The molecule has 1 amide bonds. The number of aromatic nitrogens is 3. The number of nitrogens with zero attached hydrogens (tertiary/aromatic N) is 3. The third-order valence-corrected chi connectivity index (χ3v) is 4.78. The summed E-state index contributed by atoms with van der Waals surface area (Å²) >= 11 is 11.8. The van der Waals surface area contributed by atoms with Crippen molar-refractivity contribution < 1.29 is 27.4 Å². The zero-order valence-electron chi connectivity index (χ0n) is 16.6. The Hall–Kier alpha value is -2.98. The number of alkyl halides is 4. The third kappa shape index (κ3) is 5.83. The van der Waals surface area contributed by atoms with Gasteiger partial charge in [0.25, 0.3) is 0 Å². The number of carbonyl (C=O) groups is 1. The number of hydrogen-bond donors (Lipinski definition) is 1. The number of methoxy groups -OCH3 is 1. The van der Waals surface area contributed by atoms with Crippen LogP contribution in [0.4, 0.5) is 18.9 Å². The predicted molar refractivity (Wildman–Crippen MR) is 113 cm³/mol. The molecule has 3 rings (SSSR count). The zero-order chi connectivity index (χ0) is 23.3. The smallest absolute Gasteiger partial charge is 0.417 e. The molecule has 0 radical (unpaired) electrons. The Morgan fingerprint density at radius 1 is 1.19 bits per heavy atom. The SMILES string of the molecule is COc1cc(CC(=O)Nc2cnn(CCCl)c2Cl)ccc1Oc1ccc(C(F)(F)F)cn1. The lowest BCUT2D eigenvalue weighted by atomic mass is 10.1. The molecular formula is C20H17Cl2F3N4O3. The minimum absolute atomic E-state index is 0.00614. The van der Waals surface area contributed by atoms with Gasteiger partial charge >= 0.3 is 6.18 Å². The normalized spacial score (nSPS) is 11.3. The van der Waals surface area contributed by atoms with Crippen LogP contribution in [0.25, 0.3) is 0 Å². The second kappa shape index (κ2) is 10.1. The van der Waals surface area contributed by atoms with Gasteiger partial charge in [-0.3, -0.25) is 9.48 Å². The van der Waals surface area contributed by atoms with E-state index in [1.807, 2.05) is 0 Å². The third-order valence-electron chi connectivity index (χ3n) is 4.22. The number of rotatable bonds is 8. The summed E-state index contributed by atoms with van der Waals surface area (Å²) in [6.07, 6.45) is -2.37. The molecule has 0 aliphatic rings. The molecule has 170 valence electrons. The molecule has 0 saturated carbocycles. The summed E-state index contributed by atoms with van der Waals surface area (Å²) in [4.78, 5) is 16.0. The van der Waals surface area contributed by atoms with Crippen molar-refractivity contribution >= 4 is 34.8 Å². The first-order valence-corrected chi connectivity index (χ1v) is 10.1. The molecule has 7 nitrogen and oxygen atoms in total. The van der Waals surface area contributed by atoms with Crippen molar-refractivity contribution in [3.8, 4) is 17.4 Å². The van der Waals surface area contributed by atoms with E-state index in [0.717, 1.165) is 12.1 Å². The van der Waals surface area contributed by atoms with E-state index in [1.54, 1.807) is 12.1 Å². The molecule has 0 bridgehead atoms. The Morgan fingerprint density at radius 2 is 1.97 bits per heavy atom. The quantitative estimate of drug-likeness (QED) is 0.442. The summed E-state index contributed by atoms with van der Waals surface area (Å²) in [5.41, 5.74) is 0.0879. The van der Waals surface area contributed by atoms with Crippen LogP contribution >= 0.6 is 23.2 Å². The highest BCUT2D eigenvalue weighted by molar-refractivity contribution is 6.32. The van der Waals surface area contributed by atoms with E-state index < -0.39 is 11.7 Å². The van der Waals surface area contributed by atoms with Crippen molar-refractivity contribution in [1.29, 1.82) is 0 Å². The zero-order valence-corrected chi connectivity index (χ0v) is 18.1. The molecule has 0 aliphatic carbocycles. The monoisotopic (exact) mass is 488 g/mol. The lowest BCUT2D eigenvalue weighted by Gasteiger charge is -2.12. The largest absolute Gasteiger partial charge is 0.493 e. The van der Waals surface area contributed by atoms with Crippen molar-refractivity contribution in [2.75, 3.05) is 18.3 Å². The maximum atomic E-state index is 12.7. The van der Waals surface area contributed by atoms with Crippen molar-refractivity contribution in [2.45, 2.75) is 19.1 Å². The van der Waals surface area contributed by atoms with E-state index in [1.165, 1.54) is 24.1 Å².